The van der Waals surface area contributed by atoms with E-state index < -0.39 is 0 Å². The molecular weight excluding hydrogens is 192 g/mol. The quantitative estimate of drug-likeness (QED) is 0.636. The van der Waals surface area contributed by atoms with Crippen LogP contribution in [0.5, 0.6) is 0 Å². The number of nitrogens with two attached hydrogens (primary N) is 1. The monoisotopic (exact) mass is 202 g/mol. The second-order valence-electron chi connectivity index (χ2n) is 3.66. The van der Waals surface area contributed by atoms with E-state index in [4.69, 9.17) is 5.73 Å². The molecule has 0 aliphatic carbocycles. The second-order valence-corrected chi connectivity index (χ2v) is 3.66. The van der Waals surface area contributed by atoms with Crippen LogP contribution in [0.1, 0.15) is 17.4 Å². The Morgan fingerprint density at radius 1 is 1.47 bits per heavy atom. The van der Waals surface area contributed by atoms with Crippen molar-refractivity contribution in [3.8, 4) is 5.69 Å². The van der Waals surface area contributed by atoms with Crippen LogP contribution in [-0.2, 0) is 6.42 Å². The minimum absolute atomic E-state index is 0.209. The van der Waals surface area contributed by atoms with E-state index in [-0.39, 0.29) is 11.7 Å². The van der Waals surface area contributed by atoms with Crippen molar-refractivity contribution >= 4 is 0 Å². The van der Waals surface area contributed by atoms with Gasteiger partial charge in [-0.25, -0.2) is 14.5 Å². The van der Waals surface area contributed by atoms with Crippen LogP contribution in [-0.4, -0.2) is 14.8 Å². The molecule has 3 rings (SSSR count). The lowest BCUT2D eigenvalue weighted by atomic mass is 10.0. The number of hydrogen-bond donors (Lipinski definition) is 2. The number of para-hydroxylation sites is 1. The molecule has 0 saturated carbocycles. The highest BCUT2D eigenvalue weighted by Gasteiger charge is 2.24. The van der Waals surface area contributed by atoms with Crippen LogP contribution in [0, 0.1) is 0 Å². The van der Waals surface area contributed by atoms with E-state index in [1.807, 2.05) is 24.3 Å². The largest absolute Gasteiger partial charge is 0.347 e. The average molecular weight is 202 g/mol. The highest BCUT2D eigenvalue weighted by atomic mass is 16.1. The molecular formula is C10H10N4O. The molecule has 5 nitrogen and oxygen atoms in total. The normalized spacial score (nSPS) is 18.3. The molecule has 1 atom stereocenters. The average Bonchev–Trinajstić information content (AvgIpc) is 2.62. The van der Waals surface area contributed by atoms with Gasteiger partial charge in [-0.3, -0.25) is 0 Å². The van der Waals surface area contributed by atoms with Gasteiger partial charge in [0.15, 0.2) is 5.82 Å². The molecule has 1 aromatic heterocycles. The van der Waals surface area contributed by atoms with E-state index in [9.17, 15) is 4.79 Å². The molecule has 1 unspecified atom stereocenters. The predicted octanol–water partition coefficient (Wildman–Crippen LogP) is 0.117. The van der Waals surface area contributed by atoms with Gasteiger partial charge in [0.1, 0.15) is 0 Å². The van der Waals surface area contributed by atoms with Crippen molar-refractivity contribution in [2.24, 2.45) is 5.73 Å². The third-order valence-corrected chi connectivity index (χ3v) is 2.70. The fourth-order valence-electron chi connectivity index (χ4n) is 2.02. The minimum Gasteiger partial charge on any atom is -0.321 e. The summed E-state index contributed by atoms with van der Waals surface area (Å²) in [6.07, 6.45) is 0.723. The number of hydrogen-bond acceptors (Lipinski definition) is 3. The number of aromatic amines is 1. The highest BCUT2D eigenvalue weighted by Crippen LogP contribution is 2.25. The standard InChI is InChI=1S/C10H10N4O/c11-7-5-6-3-1-2-4-8(6)14-9(7)12-13-10(14)15/h1-4,7H,5,11H2,(H,13,15). The molecule has 0 spiro atoms. The van der Waals surface area contributed by atoms with Crippen molar-refractivity contribution in [1.29, 1.82) is 0 Å². The van der Waals surface area contributed by atoms with Gasteiger partial charge in [0.25, 0.3) is 0 Å². The first kappa shape index (κ1) is 8.43. The Labute approximate surface area is 85.5 Å². The summed E-state index contributed by atoms with van der Waals surface area (Å²) in [5.41, 5.74) is 7.67. The number of nitrogens with one attached hydrogen (secondary N) is 1. The summed E-state index contributed by atoms with van der Waals surface area (Å²) in [6.45, 7) is 0. The van der Waals surface area contributed by atoms with Crippen molar-refractivity contribution in [3.05, 3.63) is 46.1 Å². The maximum Gasteiger partial charge on any atom is 0.347 e. The Kier molecular flexibility index (Phi) is 1.58. The summed E-state index contributed by atoms with van der Waals surface area (Å²) in [7, 11) is 0. The molecule has 2 heterocycles. The van der Waals surface area contributed by atoms with Crippen molar-refractivity contribution in [1.82, 2.24) is 14.8 Å². The molecule has 1 aliphatic rings. The fraction of sp³-hybridized carbons (Fsp3) is 0.200. The Balaban J connectivity index is 2.37. The second kappa shape index (κ2) is 2.80. The van der Waals surface area contributed by atoms with Crippen LogP contribution in [0.3, 0.4) is 0 Å². The molecule has 1 aliphatic heterocycles. The number of aromatic nitrogens is 3. The van der Waals surface area contributed by atoms with Gasteiger partial charge in [-0.2, -0.15) is 5.10 Å². The molecule has 15 heavy (non-hydrogen) atoms. The summed E-state index contributed by atoms with van der Waals surface area (Å²) >= 11 is 0. The topological polar surface area (TPSA) is 76.7 Å². The smallest absolute Gasteiger partial charge is 0.321 e. The zero-order valence-corrected chi connectivity index (χ0v) is 7.97. The molecule has 76 valence electrons. The molecule has 0 bridgehead atoms. The molecule has 3 N–H and O–H groups in total. The molecule has 0 amide bonds. The van der Waals surface area contributed by atoms with Crippen molar-refractivity contribution < 1.29 is 0 Å². The zero-order chi connectivity index (χ0) is 10.4. The van der Waals surface area contributed by atoms with Crippen LogP contribution in [0.25, 0.3) is 5.69 Å². The molecule has 1 aromatic carbocycles. The van der Waals surface area contributed by atoms with Gasteiger partial charge in [-0.05, 0) is 18.1 Å². The lowest BCUT2D eigenvalue weighted by Crippen LogP contribution is -2.28. The SMILES string of the molecule is NC1Cc2ccccc2-n2c1n[nH]c2=O. The molecule has 0 radical (unpaired) electrons. The molecule has 5 heteroatoms. The number of fused-ring (bicyclic) bond motifs is 3. The van der Waals surface area contributed by atoms with E-state index in [2.05, 4.69) is 10.2 Å². The number of nitrogens with zero attached hydrogens (tertiary/aromatic N) is 2. The van der Waals surface area contributed by atoms with Crippen LogP contribution in [0.4, 0.5) is 0 Å². The summed E-state index contributed by atoms with van der Waals surface area (Å²) in [4.78, 5) is 11.6. The van der Waals surface area contributed by atoms with E-state index in [0.29, 0.717) is 5.82 Å². The molecule has 0 saturated heterocycles. The van der Waals surface area contributed by atoms with Gasteiger partial charge in [0.2, 0.25) is 0 Å². The summed E-state index contributed by atoms with van der Waals surface area (Å²) in [5, 5.41) is 6.36. The third kappa shape index (κ3) is 1.07. The third-order valence-electron chi connectivity index (χ3n) is 2.70. The van der Waals surface area contributed by atoms with Gasteiger partial charge >= 0.3 is 5.69 Å². The Bertz CT molecular complexity index is 569. The predicted molar refractivity (Wildman–Crippen MR) is 54.8 cm³/mol. The first-order valence-corrected chi connectivity index (χ1v) is 4.78. The van der Waals surface area contributed by atoms with Gasteiger partial charge in [0, 0.05) is 0 Å². The van der Waals surface area contributed by atoms with Gasteiger partial charge in [-0.15, -0.1) is 0 Å². The lowest BCUT2D eigenvalue weighted by molar-refractivity contribution is 0.619. The van der Waals surface area contributed by atoms with Gasteiger partial charge < -0.3 is 5.73 Å². The van der Waals surface area contributed by atoms with E-state index in [1.165, 1.54) is 0 Å². The van der Waals surface area contributed by atoms with E-state index in [0.717, 1.165) is 17.7 Å². The number of rotatable bonds is 0. The summed E-state index contributed by atoms with van der Waals surface area (Å²) in [5.74, 6) is 0.610. The van der Waals surface area contributed by atoms with Crippen LogP contribution < -0.4 is 11.4 Å². The molecule has 2 aromatic rings. The van der Waals surface area contributed by atoms with Crippen LogP contribution in [0.2, 0.25) is 0 Å². The Morgan fingerprint density at radius 2 is 2.27 bits per heavy atom. The maximum absolute atomic E-state index is 11.6. The minimum atomic E-state index is -0.229. The van der Waals surface area contributed by atoms with Gasteiger partial charge in [-0.1, -0.05) is 18.2 Å². The van der Waals surface area contributed by atoms with Crippen LogP contribution >= 0.6 is 0 Å². The fourth-order valence-corrected chi connectivity index (χ4v) is 2.02. The maximum atomic E-state index is 11.6. The van der Waals surface area contributed by atoms with Gasteiger partial charge in [0.05, 0.1) is 11.7 Å². The van der Waals surface area contributed by atoms with Crippen molar-refractivity contribution in [3.63, 3.8) is 0 Å². The summed E-state index contributed by atoms with van der Waals surface area (Å²) in [6, 6.07) is 7.53. The van der Waals surface area contributed by atoms with E-state index in [1.54, 1.807) is 4.57 Å². The first-order valence-electron chi connectivity index (χ1n) is 4.78. The molecule has 0 fully saturated rings. The highest BCUT2D eigenvalue weighted by molar-refractivity contribution is 5.45. The van der Waals surface area contributed by atoms with Crippen molar-refractivity contribution in [2.45, 2.75) is 12.5 Å². The summed E-state index contributed by atoms with van der Waals surface area (Å²) < 4.78 is 1.55. The lowest BCUT2D eigenvalue weighted by Gasteiger charge is -2.21. The van der Waals surface area contributed by atoms with Crippen LogP contribution in [0.15, 0.2) is 29.1 Å². The zero-order valence-electron chi connectivity index (χ0n) is 7.97. The van der Waals surface area contributed by atoms with Crippen molar-refractivity contribution in [2.75, 3.05) is 0 Å². The number of benzene rings is 1. The first-order chi connectivity index (χ1) is 7.27. The number of H-pyrrole nitrogens is 1. The van der Waals surface area contributed by atoms with E-state index >= 15 is 0 Å². The Hall–Kier alpha value is -1.88. The Morgan fingerprint density at radius 3 is 3.13 bits per heavy atom.